The molecule has 10 heteroatoms. The molecule has 0 spiro atoms. The van der Waals surface area contributed by atoms with E-state index in [9.17, 15) is 4.79 Å². The Hall–Kier alpha value is -3.01. The monoisotopic (exact) mass is 477 g/mol. The van der Waals surface area contributed by atoms with Crippen molar-refractivity contribution in [2.24, 2.45) is 5.73 Å². The average Bonchev–Trinajstić information content (AvgIpc) is 2.79. The zero-order valence-electron chi connectivity index (χ0n) is 19.2. The quantitative estimate of drug-likeness (QED) is 0.394. The smallest absolute Gasteiger partial charge is 0.257 e. The third-order valence-corrected chi connectivity index (χ3v) is 5.52. The highest BCUT2D eigenvalue weighted by atomic mass is 35.5. The highest BCUT2D eigenvalue weighted by molar-refractivity contribution is 6.04. The summed E-state index contributed by atoms with van der Waals surface area (Å²) < 4.78 is 16.5. The molecule has 33 heavy (non-hydrogen) atoms. The maximum Gasteiger partial charge on any atom is 0.257 e. The highest BCUT2D eigenvalue weighted by Crippen LogP contribution is 2.40. The van der Waals surface area contributed by atoms with Gasteiger partial charge < -0.3 is 19.9 Å². The van der Waals surface area contributed by atoms with Gasteiger partial charge in [0.15, 0.2) is 17.5 Å². The lowest BCUT2D eigenvalue weighted by atomic mass is 10.1. The van der Waals surface area contributed by atoms with Gasteiger partial charge in [-0.25, -0.2) is 0 Å². The molecule has 4 N–H and O–H groups in total. The van der Waals surface area contributed by atoms with Gasteiger partial charge in [0.2, 0.25) is 5.75 Å². The van der Waals surface area contributed by atoms with Gasteiger partial charge in [-0.2, -0.15) is 0 Å². The Balaban J connectivity index is 0.00000385. The number of benzene rings is 2. The van der Waals surface area contributed by atoms with Crippen molar-refractivity contribution in [2.75, 3.05) is 47.5 Å². The number of ether oxygens (including phenoxy) is 3. The molecule has 0 aromatic heterocycles. The molecule has 1 heterocycles. The Morgan fingerprint density at radius 2 is 1.48 bits per heavy atom. The molecule has 0 bridgehead atoms. The van der Waals surface area contributed by atoms with E-state index in [0.717, 1.165) is 50.4 Å². The van der Waals surface area contributed by atoms with Gasteiger partial charge in [0.25, 0.3) is 5.91 Å². The van der Waals surface area contributed by atoms with Gasteiger partial charge >= 0.3 is 0 Å². The molecule has 180 valence electrons. The van der Waals surface area contributed by atoms with Crippen LogP contribution in [0.5, 0.6) is 17.2 Å². The van der Waals surface area contributed by atoms with Gasteiger partial charge in [0.1, 0.15) is 0 Å². The first-order chi connectivity index (χ1) is 15.4. The molecule has 2 aromatic carbocycles. The van der Waals surface area contributed by atoms with E-state index in [1.807, 2.05) is 24.3 Å². The van der Waals surface area contributed by atoms with Crippen LogP contribution in [-0.4, -0.2) is 69.2 Å². The molecule has 1 aliphatic rings. The summed E-state index contributed by atoms with van der Waals surface area (Å²) in [6.45, 7) is 5.37. The SMILES string of the molecule is COc1ccc(CN2CCN(Cc3ccc(C(=O)NC(=N)N)cc3)CC2)c(OC)c1OC.Cl. The Kier molecular flexibility index (Phi) is 9.77. The Morgan fingerprint density at radius 1 is 0.909 bits per heavy atom. The Morgan fingerprint density at radius 3 is 2.00 bits per heavy atom. The fraction of sp³-hybridized carbons (Fsp3) is 0.391. The highest BCUT2D eigenvalue weighted by Gasteiger charge is 2.21. The van der Waals surface area contributed by atoms with Crippen LogP contribution in [0.15, 0.2) is 36.4 Å². The fourth-order valence-corrected chi connectivity index (χ4v) is 3.85. The molecule has 0 atom stereocenters. The first kappa shape index (κ1) is 26.2. The number of guanidine groups is 1. The first-order valence-corrected chi connectivity index (χ1v) is 10.4. The van der Waals surface area contributed by atoms with Crippen LogP contribution < -0.4 is 25.3 Å². The van der Waals surface area contributed by atoms with E-state index in [-0.39, 0.29) is 24.3 Å². The molecule has 0 radical (unpaired) electrons. The van der Waals surface area contributed by atoms with Crippen molar-refractivity contribution in [3.05, 3.63) is 53.1 Å². The molecule has 3 rings (SSSR count). The second-order valence-electron chi connectivity index (χ2n) is 7.61. The van der Waals surface area contributed by atoms with Crippen LogP contribution in [0.1, 0.15) is 21.5 Å². The van der Waals surface area contributed by atoms with E-state index in [1.165, 1.54) is 0 Å². The fourth-order valence-electron chi connectivity index (χ4n) is 3.85. The minimum Gasteiger partial charge on any atom is -0.493 e. The van der Waals surface area contributed by atoms with Crippen molar-refractivity contribution in [2.45, 2.75) is 13.1 Å². The normalized spacial score (nSPS) is 14.2. The molecule has 0 aliphatic carbocycles. The van der Waals surface area contributed by atoms with E-state index in [1.54, 1.807) is 33.5 Å². The first-order valence-electron chi connectivity index (χ1n) is 10.4. The maximum atomic E-state index is 11.9. The van der Waals surface area contributed by atoms with Crippen molar-refractivity contribution in [1.82, 2.24) is 15.1 Å². The van der Waals surface area contributed by atoms with Gasteiger partial charge in [-0.3, -0.25) is 25.3 Å². The number of hydrogen-bond donors (Lipinski definition) is 3. The molecule has 0 unspecified atom stereocenters. The van der Waals surface area contributed by atoms with E-state index in [4.69, 9.17) is 25.4 Å². The van der Waals surface area contributed by atoms with Crippen molar-refractivity contribution in [3.63, 3.8) is 0 Å². The Bertz CT molecular complexity index is 947. The number of hydrogen-bond acceptors (Lipinski definition) is 7. The average molecular weight is 478 g/mol. The Labute approximate surface area is 200 Å². The summed E-state index contributed by atoms with van der Waals surface area (Å²) in [5, 5.41) is 9.44. The number of methoxy groups -OCH3 is 3. The molecular weight excluding hydrogens is 446 g/mol. The zero-order valence-corrected chi connectivity index (χ0v) is 20.0. The molecule has 1 aliphatic heterocycles. The van der Waals surface area contributed by atoms with Crippen LogP contribution in [0.4, 0.5) is 0 Å². The number of nitrogens with two attached hydrogens (primary N) is 1. The second-order valence-corrected chi connectivity index (χ2v) is 7.61. The van der Waals surface area contributed by atoms with E-state index < -0.39 is 0 Å². The summed E-state index contributed by atoms with van der Waals surface area (Å²) in [4.78, 5) is 16.7. The maximum absolute atomic E-state index is 11.9. The summed E-state index contributed by atoms with van der Waals surface area (Å²) in [6, 6.07) is 11.3. The minimum absolute atomic E-state index is 0. The molecule has 1 fully saturated rings. The predicted octanol–water partition coefficient (Wildman–Crippen LogP) is 2.08. The van der Waals surface area contributed by atoms with Crippen molar-refractivity contribution >= 4 is 24.3 Å². The third-order valence-electron chi connectivity index (χ3n) is 5.52. The van der Waals surface area contributed by atoms with Gasteiger partial charge in [-0.15, -0.1) is 12.4 Å². The summed E-state index contributed by atoms with van der Waals surface area (Å²) in [5.74, 6) is 1.25. The van der Waals surface area contributed by atoms with Crippen LogP contribution in [0.25, 0.3) is 0 Å². The number of rotatable bonds is 8. The van der Waals surface area contributed by atoms with Gasteiger partial charge in [-0.1, -0.05) is 18.2 Å². The topological polar surface area (TPSA) is 113 Å². The number of nitrogens with one attached hydrogen (secondary N) is 2. The number of nitrogens with zero attached hydrogens (tertiary/aromatic N) is 2. The minimum atomic E-state index is -0.372. The summed E-state index contributed by atoms with van der Waals surface area (Å²) in [7, 11) is 4.88. The van der Waals surface area contributed by atoms with Crippen LogP contribution >= 0.6 is 12.4 Å². The number of carbonyl (C=O) groups is 1. The van der Waals surface area contributed by atoms with E-state index in [0.29, 0.717) is 22.8 Å². The molecule has 9 nitrogen and oxygen atoms in total. The lowest BCUT2D eigenvalue weighted by Crippen LogP contribution is -2.45. The van der Waals surface area contributed by atoms with Gasteiger partial charge in [0.05, 0.1) is 21.3 Å². The van der Waals surface area contributed by atoms with E-state index >= 15 is 0 Å². The van der Waals surface area contributed by atoms with Crippen LogP contribution in [-0.2, 0) is 13.1 Å². The number of piperazine rings is 1. The lowest BCUT2D eigenvalue weighted by Gasteiger charge is -2.35. The second kappa shape index (κ2) is 12.3. The number of amides is 1. The standard InChI is InChI=1S/C23H31N5O4.ClH/c1-30-19-9-8-18(20(31-2)21(19)32-3)15-28-12-10-27(11-13-28)14-16-4-6-17(7-5-16)22(29)26-23(24)25;/h4-9H,10-15H2,1-3H3,(H4,24,25,26,29);1H. The molecule has 1 saturated heterocycles. The summed E-state index contributed by atoms with van der Waals surface area (Å²) >= 11 is 0. The van der Waals surface area contributed by atoms with Crippen molar-refractivity contribution in [1.29, 1.82) is 5.41 Å². The van der Waals surface area contributed by atoms with Crippen LogP contribution in [0.3, 0.4) is 0 Å². The molecule has 0 saturated carbocycles. The number of halogens is 1. The molecule has 1 amide bonds. The molecular formula is C23H32ClN5O4. The van der Waals surface area contributed by atoms with Crippen molar-refractivity contribution in [3.8, 4) is 17.2 Å². The third kappa shape index (κ3) is 6.74. The van der Waals surface area contributed by atoms with Crippen LogP contribution in [0, 0.1) is 5.41 Å². The predicted molar refractivity (Wildman–Crippen MR) is 130 cm³/mol. The van der Waals surface area contributed by atoms with E-state index in [2.05, 4.69) is 15.1 Å². The molecule has 2 aromatic rings. The largest absolute Gasteiger partial charge is 0.493 e. The summed E-state index contributed by atoms with van der Waals surface area (Å²) in [5.41, 5.74) is 7.90. The lowest BCUT2D eigenvalue weighted by molar-refractivity contribution is 0.0976. The summed E-state index contributed by atoms with van der Waals surface area (Å²) in [6.07, 6.45) is 0. The number of carbonyl (C=O) groups excluding carboxylic acids is 1. The zero-order chi connectivity index (χ0) is 23.1. The van der Waals surface area contributed by atoms with Gasteiger partial charge in [-0.05, 0) is 23.8 Å². The van der Waals surface area contributed by atoms with Crippen molar-refractivity contribution < 1.29 is 19.0 Å². The van der Waals surface area contributed by atoms with Gasteiger partial charge in [0, 0.05) is 50.4 Å². The van der Waals surface area contributed by atoms with Crippen LogP contribution in [0.2, 0.25) is 0 Å².